The molecule has 6 nitrogen and oxygen atoms in total. The van der Waals surface area contributed by atoms with Crippen molar-refractivity contribution in [2.24, 2.45) is 0 Å². The molecular formula is C28H31N5OS. The fourth-order valence-corrected chi connectivity index (χ4v) is 4.68. The number of rotatable bonds is 9. The van der Waals surface area contributed by atoms with Crippen LogP contribution in [-0.4, -0.2) is 39.5 Å². The van der Waals surface area contributed by atoms with E-state index in [1.165, 1.54) is 17.3 Å². The number of carbonyl (C=O) groups excluding carboxylic acids is 1. The van der Waals surface area contributed by atoms with Crippen LogP contribution in [0.15, 0.2) is 78.0 Å². The lowest BCUT2D eigenvalue weighted by Gasteiger charge is -2.21. The molecule has 1 aromatic heterocycles. The minimum atomic E-state index is -0.0823. The number of nitrogens with one attached hydrogen (secondary N) is 1. The number of aromatic nitrogens is 3. The largest absolute Gasteiger partial charge is 0.372 e. The standard InChI is InChI=1S/C28H31N5OS/c1-5-32(6-2)24-16-12-23(13-17-24)29-26(34)19-35-28-31-30-27(22-9-7-8-21(4)18-22)33(28)25-14-10-20(3)11-15-25/h7-18H,5-6,19H2,1-4H3,(H,29,34). The van der Waals surface area contributed by atoms with Crippen LogP contribution in [0.25, 0.3) is 17.1 Å². The number of carbonyl (C=O) groups is 1. The van der Waals surface area contributed by atoms with Crippen molar-refractivity contribution in [2.45, 2.75) is 32.9 Å². The van der Waals surface area contributed by atoms with E-state index >= 15 is 0 Å². The monoisotopic (exact) mass is 485 g/mol. The Morgan fingerprint density at radius 3 is 2.29 bits per heavy atom. The van der Waals surface area contributed by atoms with E-state index in [9.17, 15) is 4.79 Å². The van der Waals surface area contributed by atoms with Crippen molar-refractivity contribution < 1.29 is 4.79 Å². The number of benzene rings is 3. The molecular weight excluding hydrogens is 454 g/mol. The highest BCUT2D eigenvalue weighted by molar-refractivity contribution is 7.99. The van der Waals surface area contributed by atoms with E-state index in [-0.39, 0.29) is 11.7 Å². The fourth-order valence-electron chi connectivity index (χ4n) is 3.93. The summed E-state index contributed by atoms with van der Waals surface area (Å²) in [6.07, 6.45) is 0. The lowest BCUT2D eigenvalue weighted by atomic mass is 10.1. The van der Waals surface area contributed by atoms with Gasteiger partial charge in [0.2, 0.25) is 5.91 Å². The van der Waals surface area contributed by atoms with Crippen LogP contribution >= 0.6 is 11.8 Å². The quantitative estimate of drug-likeness (QED) is 0.289. The van der Waals surface area contributed by atoms with Gasteiger partial charge in [-0.05, 0) is 70.2 Å². The topological polar surface area (TPSA) is 63.1 Å². The molecule has 0 aliphatic carbocycles. The van der Waals surface area contributed by atoms with Gasteiger partial charge in [0.15, 0.2) is 11.0 Å². The minimum Gasteiger partial charge on any atom is -0.372 e. The summed E-state index contributed by atoms with van der Waals surface area (Å²) >= 11 is 1.38. The first-order valence-electron chi connectivity index (χ1n) is 11.9. The Kier molecular flexibility index (Phi) is 7.87. The Morgan fingerprint density at radius 2 is 1.63 bits per heavy atom. The van der Waals surface area contributed by atoms with Gasteiger partial charge in [-0.1, -0.05) is 53.2 Å². The number of nitrogens with zero attached hydrogens (tertiary/aromatic N) is 4. The summed E-state index contributed by atoms with van der Waals surface area (Å²) in [5.74, 6) is 0.906. The zero-order valence-corrected chi connectivity index (χ0v) is 21.5. The first-order chi connectivity index (χ1) is 17.0. The zero-order chi connectivity index (χ0) is 24.8. The molecule has 0 unspecified atom stereocenters. The predicted octanol–water partition coefficient (Wildman–Crippen LogP) is 6.13. The van der Waals surface area contributed by atoms with Gasteiger partial charge in [-0.2, -0.15) is 0 Å². The molecule has 0 fully saturated rings. The Labute approximate surface area is 211 Å². The van der Waals surface area contributed by atoms with Gasteiger partial charge in [-0.3, -0.25) is 9.36 Å². The number of hydrogen-bond donors (Lipinski definition) is 1. The van der Waals surface area contributed by atoms with Gasteiger partial charge < -0.3 is 10.2 Å². The summed E-state index contributed by atoms with van der Waals surface area (Å²) in [6, 6.07) is 24.4. The van der Waals surface area contributed by atoms with E-state index < -0.39 is 0 Å². The molecule has 0 saturated carbocycles. The molecule has 0 atom stereocenters. The Bertz CT molecular complexity index is 1280. The third-order valence-corrected chi connectivity index (χ3v) is 6.74. The van der Waals surface area contributed by atoms with Crippen molar-refractivity contribution in [3.8, 4) is 17.1 Å². The Morgan fingerprint density at radius 1 is 0.914 bits per heavy atom. The molecule has 1 heterocycles. The maximum Gasteiger partial charge on any atom is 0.234 e. The van der Waals surface area contributed by atoms with Crippen LogP contribution in [-0.2, 0) is 4.79 Å². The van der Waals surface area contributed by atoms with Gasteiger partial charge >= 0.3 is 0 Å². The molecule has 0 radical (unpaired) electrons. The zero-order valence-electron chi connectivity index (χ0n) is 20.7. The fraction of sp³-hybridized carbons (Fsp3) is 0.250. The SMILES string of the molecule is CCN(CC)c1ccc(NC(=O)CSc2nnc(-c3cccc(C)c3)n2-c2ccc(C)cc2)cc1. The molecule has 0 saturated heterocycles. The van der Waals surface area contributed by atoms with Gasteiger partial charge in [0.25, 0.3) is 0 Å². The third kappa shape index (κ3) is 5.92. The maximum absolute atomic E-state index is 12.7. The predicted molar refractivity (Wildman–Crippen MR) is 146 cm³/mol. The molecule has 0 aliphatic heterocycles. The number of anilines is 2. The van der Waals surface area contributed by atoms with Crippen LogP contribution in [0, 0.1) is 13.8 Å². The summed E-state index contributed by atoms with van der Waals surface area (Å²) in [5.41, 5.74) is 6.22. The minimum absolute atomic E-state index is 0.0823. The smallest absolute Gasteiger partial charge is 0.234 e. The lowest BCUT2D eigenvalue weighted by Crippen LogP contribution is -2.21. The first kappa shape index (κ1) is 24.5. The number of thioether (sulfide) groups is 1. The van der Waals surface area contributed by atoms with Gasteiger partial charge in [0.1, 0.15) is 0 Å². The molecule has 4 aromatic rings. The highest BCUT2D eigenvalue weighted by atomic mass is 32.2. The van der Waals surface area contributed by atoms with Crippen LogP contribution in [0.5, 0.6) is 0 Å². The molecule has 4 rings (SSSR count). The second-order valence-electron chi connectivity index (χ2n) is 8.40. The Hall–Kier alpha value is -3.58. The van der Waals surface area contributed by atoms with Crippen molar-refractivity contribution in [1.29, 1.82) is 0 Å². The van der Waals surface area contributed by atoms with Crippen LogP contribution < -0.4 is 10.2 Å². The molecule has 1 amide bonds. The van der Waals surface area contributed by atoms with Gasteiger partial charge in [0.05, 0.1) is 5.75 Å². The maximum atomic E-state index is 12.7. The van der Waals surface area contributed by atoms with E-state index in [1.807, 2.05) is 41.0 Å². The van der Waals surface area contributed by atoms with Crippen molar-refractivity contribution in [3.63, 3.8) is 0 Å². The number of hydrogen-bond acceptors (Lipinski definition) is 5. The van der Waals surface area contributed by atoms with Crippen molar-refractivity contribution in [2.75, 3.05) is 29.1 Å². The molecule has 0 aliphatic rings. The average Bonchev–Trinajstić information content (AvgIpc) is 3.29. The second-order valence-corrected chi connectivity index (χ2v) is 9.35. The summed E-state index contributed by atoms with van der Waals surface area (Å²) in [7, 11) is 0. The van der Waals surface area contributed by atoms with Gasteiger partial charge in [-0.25, -0.2) is 0 Å². The van der Waals surface area contributed by atoms with E-state index in [0.29, 0.717) is 5.16 Å². The third-order valence-electron chi connectivity index (χ3n) is 5.81. The summed E-state index contributed by atoms with van der Waals surface area (Å²) < 4.78 is 2.02. The van der Waals surface area contributed by atoms with Crippen molar-refractivity contribution >= 4 is 29.0 Å². The molecule has 3 aromatic carbocycles. The Balaban J connectivity index is 1.52. The van der Waals surface area contributed by atoms with Crippen LogP contribution in [0.4, 0.5) is 11.4 Å². The van der Waals surface area contributed by atoms with E-state index in [0.717, 1.165) is 47.1 Å². The summed E-state index contributed by atoms with van der Waals surface area (Å²) in [5, 5.41) is 12.6. The highest BCUT2D eigenvalue weighted by Crippen LogP contribution is 2.29. The van der Waals surface area contributed by atoms with Crippen LogP contribution in [0.2, 0.25) is 0 Å². The molecule has 7 heteroatoms. The van der Waals surface area contributed by atoms with E-state index in [4.69, 9.17) is 0 Å². The highest BCUT2D eigenvalue weighted by Gasteiger charge is 2.17. The van der Waals surface area contributed by atoms with E-state index in [2.05, 4.69) is 84.5 Å². The van der Waals surface area contributed by atoms with Crippen LogP contribution in [0.3, 0.4) is 0 Å². The normalized spacial score (nSPS) is 10.9. The average molecular weight is 486 g/mol. The second kappa shape index (κ2) is 11.2. The molecule has 1 N–H and O–H groups in total. The van der Waals surface area contributed by atoms with E-state index in [1.54, 1.807) is 0 Å². The lowest BCUT2D eigenvalue weighted by molar-refractivity contribution is -0.113. The molecule has 180 valence electrons. The van der Waals surface area contributed by atoms with Gasteiger partial charge in [0, 0.05) is 35.7 Å². The molecule has 35 heavy (non-hydrogen) atoms. The number of aryl methyl sites for hydroxylation is 2. The first-order valence-corrected chi connectivity index (χ1v) is 12.8. The number of amides is 1. The summed E-state index contributed by atoms with van der Waals surface area (Å²) in [6.45, 7) is 10.3. The molecule has 0 bridgehead atoms. The van der Waals surface area contributed by atoms with Crippen LogP contribution in [0.1, 0.15) is 25.0 Å². The summed E-state index contributed by atoms with van der Waals surface area (Å²) in [4.78, 5) is 15.0. The van der Waals surface area contributed by atoms with Gasteiger partial charge in [-0.15, -0.1) is 10.2 Å². The molecule has 0 spiro atoms. The van der Waals surface area contributed by atoms with Crippen molar-refractivity contribution in [1.82, 2.24) is 14.8 Å². The van der Waals surface area contributed by atoms with Crippen molar-refractivity contribution in [3.05, 3.63) is 83.9 Å².